The normalized spacial score (nSPS) is 10.7. The van der Waals surface area contributed by atoms with Gasteiger partial charge in [-0.25, -0.2) is 0 Å². The molecule has 3 aromatic rings. The molecule has 0 bridgehead atoms. The molecule has 6 nitrogen and oxygen atoms in total. The first-order chi connectivity index (χ1) is 8.83. The van der Waals surface area contributed by atoms with Gasteiger partial charge in [-0.1, -0.05) is 12.1 Å². The van der Waals surface area contributed by atoms with Gasteiger partial charge < -0.3 is 5.32 Å². The van der Waals surface area contributed by atoms with Crippen molar-refractivity contribution in [1.29, 1.82) is 0 Å². The van der Waals surface area contributed by atoms with Crippen LogP contribution in [0.15, 0.2) is 36.5 Å². The van der Waals surface area contributed by atoms with Crippen molar-refractivity contribution >= 4 is 22.6 Å². The molecule has 3 rings (SSSR count). The van der Waals surface area contributed by atoms with Crippen LogP contribution in [-0.2, 0) is 11.2 Å². The summed E-state index contributed by atoms with van der Waals surface area (Å²) in [6.07, 6.45) is 1.87. The Labute approximate surface area is 102 Å². The van der Waals surface area contributed by atoms with E-state index in [1.165, 1.54) is 0 Å². The van der Waals surface area contributed by atoms with Crippen LogP contribution in [0.25, 0.3) is 10.9 Å². The first-order valence-electron chi connectivity index (χ1n) is 5.54. The summed E-state index contributed by atoms with van der Waals surface area (Å²) in [5.74, 6) is 0.423. The molecule has 0 radical (unpaired) electrons. The number of carbonyl (C=O) groups excluding carboxylic acids is 1. The molecule has 0 saturated heterocycles. The quantitative estimate of drug-likeness (QED) is 0.649. The number of benzene rings is 1. The number of fused-ring (bicyclic) bond motifs is 1. The maximum atomic E-state index is 11.8. The summed E-state index contributed by atoms with van der Waals surface area (Å²) in [6.45, 7) is 0. The summed E-state index contributed by atoms with van der Waals surface area (Å²) in [7, 11) is 0. The van der Waals surface area contributed by atoms with E-state index in [-0.39, 0.29) is 12.3 Å². The van der Waals surface area contributed by atoms with Crippen molar-refractivity contribution < 1.29 is 4.79 Å². The number of amides is 1. The van der Waals surface area contributed by atoms with E-state index in [4.69, 9.17) is 0 Å². The summed E-state index contributed by atoms with van der Waals surface area (Å²) < 4.78 is 0. The van der Waals surface area contributed by atoms with Crippen LogP contribution in [0.5, 0.6) is 0 Å². The van der Waals surface area contributed by atoms with Gasteiger partial charge in [0, 0.05) is 17.3 Å². The number of rotatable bonds is 3. The molecule has 0 fully saturated rings. The second-order valence-corrected chi connectivity index (χ2v) is 3.92. The number of para-hydroxylation sites is 1. The maximum Gasteiger partial charge on any atom is 0.231 e. The number of hydrogen-bond donors (Lipinski definition) is 3. The molecule has 0 atom stereocenters. The zero-order valence-corrected chi connectivity index (χ0v) is 9.47. The zero-order chi connectivity index (χ0) is 12.4. The standard InChI is InChI=1S/C12H11N5O/c18-11(7-8-5-6-13-15-8)14-12-9-3-1-2-4-10(9)16-17-12/h1-6H,7H2,(H,13,15)(H2,14,16,17,18). The summed E-state index contributed by atoms with van der Waals surface area (Å²) in [5, 5.41) is 17.2. The molecule has 6 heteroatoms. The van der Waals surface area contributed by atoms with Crippen LogP contribution in [0.2, 0.25) is 0 Å². The third-order valence-corrected chi connectivity index (χ3v) is 2.64. The fraction of sp³-hybridized carbons (Fsp3) is 0.0833. The molecule has 0 aliphatic rings. The molecular weight excluding hydrogens is 230 g/mol. The largest absolute Gasteiger partial charge is 0.308 e. The lowest BCUT2D eigenvalue weighted by molar-refractivity contribution is -0.115. The van der Waals surface area contributed by atoms with E-state index in [2.05, 4.69) is 25.7 Å². The molecule has 2 heterocycles. The molecule has 1 amide bonds. The number of carbonyl (C=O) groups is 1. The highest BCUT2D eigenvalue weighted by Crippen LogP contribution is 2.19. The van der Waals surface area contributed by atoms with Crippen LogP contribution in [0.3, 0.4) is 0 Å². The highest BCUT2D eigenvalue weighted by Gasteiger charge is 2.09. The third kappa shape index (κ3) is 1.95. The van der Waals surface area contributed by atoms with Gasteiger partial charge in [0.25, 0.3) is 0 Å². The Morgan fingerprint density at radius 2 is 2.11 bits per heavy atom. The zero-order valence-electron chi connectivity index (χ0n) is 9.47. The van der Waals surface area contributed by atoms with Crippen molar-refractivity contribution in [2.24, 2.45) is 0 Å². The molecule has 90 valence electrons. The van der Waals surface area contributed by atoms with Crippen LogP contribution in [0, 0.1) is 0 Å². The van der Waals surface area contributed by atoms with Gasteiger partial charge in [-0.3, -0.25) is 15.0 Å². The molecule has 0 unspecified atom stereocenters. The van der Waals surface area contributed by atoms with Crippen molar-refractivity contribution in [2.75, 3.05) is 5.32 Å². The summed E-state index contributed by atoms with van der Waals surface area (Å²) >= 11 is 0. The van der Waals surface area contributed by atoms with Crippen molar-refractivity contribution in [3.8, 4) is 0 Å². The van der Waals surface area contributed by atoms with Crippen LogP contribution in [0.1, 0.15) is 5.69 Å². The van der Waals surface area contributed by atoms with E-state index in [0.717, 1.165) is 16.6 Å². The van der Waals surface area contributed by atoms with Gasteiger partial charge in [0.1, 0.15) is 0 Å². The Bertz CT molecular complexity index is 671. The highest BCUT2D eigenvalue weighted by atomic mass is 16.1. The Balaban J connectivity index is 1.78. The van der Waals surface area contributed by atoms with Crippen LogP contribution >= 0.6 is 0 Å². The highest BCUT2D eigenvalue weighted by molar-refractivity contribution is 6.00. The Morgan fingerprint density at radius 3 is 2.94 bits per heavy atom. The summed E-state index contributed by atoms with van der Waals surface area (Å²) in [4.78, 5) is 11.8. The first kappa shape index (κ1) is 10.5. The third-order valence-electron chi connectivity index (χ3n) is 2.64. The summed E-state index contributed by atoms with van der Waals surface area (Å²) in [6, 6.07) is 9.40. The van der Waals surface area contributed by atoms with Gasteiger partial charge in [-0.05, 0) is 18.2 Å². The van der Waals surface area contributed by atoms with Crippen LogP contribution < -0.4 is 5.32 Å². The Hall–Kier alpha value is -2.63. The second kappa shape index (κ2) is 4.33. The fourth-order valence-electron chi connectivity index (χ4n) is 1.79. The van der Waals surface area contributed by atoms with Crippen molar-refractivity contribution in [3.05, 3.63) is 42.2 Å². The minimum absolute atomic E-state index is 0.128. The van der Waals surface area contributed by atoms with E-state index < -0.39 is 0 Å². The number of H-pyrrole nitrogens is 2. The Morgan fingerprint density at radius 1 is 1.22 bits per heavy atom. The summed E-state index contributed by atoms with van der Waals surface area (Å²) in [5.41, 5.74) is 1.67. The van der Waals surface area contributed by atoms with Gasteiger partial charge in [-0.2, -0.15) is 10.2 Å². The van der Waals surface area contributed by atoms with Crippen molar-refractivity contribution in [1.82, 2.24) is 20.4 Å². The monoisotopic (exact) mass is 241 g/mol. The van der Waals surface area contributed by atoms with Crippen molar-refractivity contribution in [3.63, 3.8) is 0 Å². The van der Waals surface area contributed by atoms with Gasteiger partial charge in [-0.15, -0.1) is 0 Å². The van der Waals surface area contributed by atoms with Crippen LogP contribution in [-0.4, -0.2) is 26.3 Å². The molecule has 2 aromatic heterocycles. The van der Waals surface area contributed by atoms with E-state index >= 15 is 0 Å². The molecule has 0 spiro atoms. The molecule has 0 saturated carbocycles. The smallest absolute Gasteiger partial charge is 0.231 e. The van der Waals surface area contributed by atoms with Gasteiger partial charge in [0.2, 0.25) is 5.91 Å². The molecule has 18 heavy (non-hydrogen) atoms. The predicted octanol–water partition coefficient (Wildman–Crippen LogP) is 1.47. The van der Waals surface area contributed by atoms with E-state index in [1.54, 1.807) is 12.3 Å². The lowest BCUT2D eigenvalue weighted by Gasteiger charge is -2.00. The topological polar surface area (TPSA) is 86.5 Å². The number of nitrogens with one attached hydrogen (secondary N) is 3. The molecule has 1 aromatic carbocycles. The molecule has 0 aliphatic heterocycles. The SMILES string of the molecule is O=C(Cc1ccn[nH]1)Nc1n[nH]c2ccccc12. The predicted molar refractivity (Wildman–Crippen MR) is 67.0 cm³/mol. The number of aromatic amines is 2. The van der Waals surface area contributed by atoms with Gasteiger partial charge >= 0.3 is 0 Å². The van der Waals surface area contributed by atoms with E-state index in [1.807, 2.05) is 24.3 Å². The van der Waals surface area contributed by atoms with Crippen LogP contribution in [0.4, 0.5) is 5.82 Å². The Kier molecular flexibility index (Phi) is 2.53. The van der Waals surface area contributed by atoms with E-state index in [0.29, 0.717) is 5.82 Å². The average molecular weight is 241 g/mol. The maximum absolute atomic E-state index is 11.8. The number of anilines is 1. The van der Waals surface area contributed by atoms with Crippen molar-refractivity contribution in [2.45, 2.75) is 6.42 Å². The fourth-order valence-corrected chi connectivity index (χ4v) is 1.79. The lowest BCUT2D eigenvalue weighted by Crippen LogP contribution is -2.15. The minimum atomic E-state index is -0.128. The first-order valence-corrected chi connectivity index (χ1v) is 5.54. The second-order valence-electron chi connectivity index (χ2n) is 3.92. The number of hydrogen-bond acceptors (Lipinski definition) is 3. The average Bonchev–Trinajstić information content (AvgIpc) is 3.00. The minimum Gasteiger partial charge on any atom is -0.308 e. The van der Waals surface area contributed by atoms with Gasteiger partial charge in [0.05, 0.1) is 11.9 Å². The number of nitrogens with zero attached hydrogens (tertiary/aromatic N) is 2. The van der Waals surface area contributed by atoms with E-state index in [9.17, 15) is 4.79 Å². The molecule has 3 N–H and O–H groups in total. The van der Waals surface area contributed by atoms with Gasteiger partial charge in [0.15, 0.2) is 5.82 Å². The molecule has 0 aliphatic carbocycles. The molecular formula is C12H11N5O. The lowest BCUT2D eigenvalue weighted by atomic mass is 10.2. The number of aromatic nitrogens is 4.